The van der Waals surface area contributed by atoms with Gasteiger partial charge in [-0.1, -0.05) is 30.3 Å². The van der Waals surface area contributed by atoms with E-state index in [9.17, 15) is 4.79 Å². The molecule has 2 heterocycles. The first-order valence-electron chi connectivity index (χ1n) is 9.73. The lowest BCUT2D eigenvalue weighted by Crippen LogP contribution is -2.48. The average molecular weight is 396 g/mol. The van der Waals surface area contributed by atoms with Gasteiger partial charge in [-0.3, -0.25) is 9.69 Å². The minimum Gasteiger partial charge on any atom is -0.493 e. The number of fused-ring (bicyclic) bond motifs is 1. The molecule has 0 radical (unpaired) electrons. The van der Waals surface area contributed by atoms with Gasteiger partial charge in [-0.2, -0.15) is 0 Å². The predicted molar refractivity (Wildman–Crippen MR) is 113 cm³/mol. The molecule has 1 aromatic heterocycles. The molecule has 3 aromatic rings. The largest absolute Gasteiger partial charge is 0.493 e. The van der Waals surface area contributed by atoms with E-state index in [1.165, 1.54) is 0 Å². The number of carbonyl (C=O) groups is 1. The van der Waals surface area contributed by atoms with Crippen molar-refractivity contribution in [1.29, 1.82) is 0 Å². The maximum absolute atomic E-state index is 13.4. The quantitative estimate of drug-likeness (QED) is 0.656. The van der Waals surface area contributed by atoms with Crippen LogP contribution in [-0.2, 0) is 6.54 Å². The lowest BCUT2D eigenvalue weighted by Gasteiger charge is -2.34. The Morgan fingerprint density at radius 1 is 1.14 bits per heavy atom. The van der Waals surface area contributed by atoms with Crippen molar-refractivity contribution >= 4 is 28.0 Å². The summed E-state index contributed by atoms with van der Waals surface area (Å²) < 4.78 is 5.79. The molecular formula is C22H25N3O2S. The number of benzene rings is 2. The number of piperazine rings is 1. The van der Waals surface area contributed by atoms with Gasteiger partial charge in [0.25, 0.3) is 5.91 Å². The van der Waals surface area contributed by atoms with Gasteiger partial charge < -0.3 is 9.64 Å². The van der Waals surface area contributed by atoms with Crippen molar-refractivity contribution in [3.05, 3.63) is 58.0 Å². The molecule has 1 saturated heterocycles. The maximum atomic E-state index is 13.4. The summed E-state index contributed by atoms with van der Waals surface area (Å²) in [4.78, 5) is 22.3. The fourth-order valence-corrected chi connectivity index (χ4v) is 4.49. The Labute approximate surface area is 169 Å². The van der Waals surface area contributed by atoms with Crippen molar-refractivity contribution in [1.82, 2.24) is 14.8 Å². The van der Waals surface area contributed by atoms with Crippen LogP contribution < -0.4 is 4.74 Å². The highest BCUT2D eigenvalue weighted by Gasteiger charge is 2.26. The van der Waals surface area contributed by atoms with Crippen LogP contribution >= 0.6 is 11.3 Å². The van der Waals surface area contributed by atoms with Gasteiger partial charge in [-0.15, -0.1) is 11.3 Å². The molecule has 28 heavy (non-hydrogen) atoms. The van der Waals surface area contributed by atoms with E-state index in [1.807, 2.05) is 55.1 Å². The fourth-order valence-electron chi connectivity index (χ4n) is 3.68. The second-order valence-corrected chi connectivity index (χ2v) is 7.99. The van der Waals surface area contributed by atoms with E-state index in [4.69, 9.17) is 4.74 Å². The summed E-state index contributed by atoms with van der Waals surface area (Å²) in [5.74, 6) is 0.733. The van der Waals surface area contributed by atoms with E-state index in [0.29, 0.717) is 17.9 Å². The molecule has 0 bridgehead atoms. The lowest BCUT2D eigenvalue weighted by atomic mass is 10.0. The Balaban J connectivity index is 1.51. The van der Waals surface area contributed by atoms with Crippen molar-refractivity contribution in [2.24, 2.45) is 0 Å². The number of nitrogens with zero attached hydrogens (tertiary/aromatic N) is 3. The van der Waals surface area contributed by atoms with Gasteiger partial charge in [0.05, 0.1) is 18.7 Å². The summed E-state index contributed by atoms with van der Waals surface area (Å²) in [6, 6.07) is 12.0. The van der Waals surface area contributed by atoms with Crippen molar-refractivity contribution in [3.63, 3.8) is 0 Å². The molecule has 1 aliphatic rings. The van der Waals surface area contributed by atoms with E-state index in [1.54, 1.807) is 11.3 Å². The van der Waals surface area contributed by atoms with Gasteiger partial charge in [-0.25, -0.2) is 4.98 Å². The van der Waals surface area contributed by atoms with Crippen molar-refractivity contribution < 1.29 is 9.53 Å². The fraction of sp³-hybridized carbons (Fsp3) is 0.364. The van der Waals surface area contributed by atoms with Crippen LogP contribution in [0.3, 0.4) is 0 Å². The zero-order valence-electron chi connectivity index (χ0n) is 16.4. The van der Waals surface area contributed by atoms with Gasteiger partial charge in [0.15, 0.2) is 0 Å². The number of ether oxygens (including phenoxy) is 1. The summed E-state index contributed by atoms with van der Waals surface area (Å²) in [6.07, 6.45) is 0. The van der Waals surface area contributed by atoms with Crippen LogP contribution in [0.15, 0.2) is 41.8 Å². The highest BCUT2D eigenvalue weighted by atomic mass is 32.1. The van der Waals surface area contributed by atoms with Crippen LogP contribution in [0.5, 0.6) is 5.75 Å². The predicted octanol–water partition coefficient (Wildman–Crippen LogP) is 3.96. The van der Waals surface area contributed by atoms with Crippen molar-refractivity contribution in [2.75, 3.05) is 32.8 Å². The Bertz CT molecular complexity index is 977. The molecule has 146 valence electrons. The first-order valence-corrected chi connectivity index (χ1v) is 10.6. The second kappa shape index (κ2) is 8.29. The van der Waals surface area contributed by atoms with Gasteiger partial charge in [0, 0.05) is 37.3 Å². The minimum atomic E-state index is 0.0602. The minimum absolute atomic E-state index is 0.0602. The van der Waals surface area contributed by atoms with Crippen LogP contribution in [0.1, 0.15) is 28.0 Å². The number of carbonyl (C=O) groups excluding carboxylic acids is 1. The van der Waals surface area contributed by atoms with E-state index in [0.717, 1.165) is 54.2 Å². The Morgan fingerprint density at radius 3 is 2.64 bits per heavy atom. The van der Waals surface area contributed by atoms with Crippen LogP contribution in [0.25, 0.3) is 10.8 Å². The van der Waals surface area contributed by atoms with Crippen LogP contribution in [0.2, 0.25) is 0 Å². The van der Waals surface area contributed by atoms with Crippen molar-refractivity contribution in [2.45, 2.75) is 20.4 Å². The van der Waals surface area contributed by atoms with E-state index in [-0.39, 0.29) is 5.91 Å². The molecule has 1 aliphatic heterocycles. The normalized spacial score (nSPS) is 15.1. The molecular weight excluding hydrogens is 370 g/mol. The molecule has 1 amide bonds. The molecule has 5 nitrogen and oxygen atoms in total. The number of hydrogen-bond acceptors (Lipinski definition) is 5. The Hall–Kier alpha value is -2.44. The zero-order valence-corrected chi connectivity index (χ0v) is 17.2. The summed E-state index contributed by atoms with van der Waals surface area (Å²) in [5, 5.41) is 5.25. The number of thiazole rings is 1. The number of amides is 1. The SMILES string of the molecule is CCOc1ccc2ccccc2c1C(=O)N1CCN(Cc2nc(C)cs2)CC1. The molecule has 6 heteroatoms. The van der Waals surface area contributed by atoms with E-state index < -0.39 is 0 Å². The van der Waals surface area contributed by atoms with Crippen LogP contribution in [0.4, 0.5) is 0 Å². The molecule has 2 aromatic carbocycles. The topological polar surface area (TPSA) is 45.7 Å². The summed E-state index contributed by atoms with van der Waals surface area (Å²) in [6.45, 7) is 8.53. The molecule has 4 rings (SSSR count). The van der Waals surface area contributed by atoms with Gasteiger partial charge in [-0.05, 0) is 30.7 Å². The molecule has 0 spiro atoms. The average Bonchev–Trinajstić information content (AvgIpc) is 3.13. The van der Waals surface area contributed by atoms with Crippen LogP contribution in [0, 0.1) is 6.92 Å². The summed E-state index contributed by atoms with van der Waals surface area (Å²) >= 11 is 1.71. The smallest absolute Gasteiger partial charge is 0.258 e. The first-order chi connectivity index (χ1) is 13.7. The Kier molecular flexibility index (Phi) is 5.59. The zero-order chi connectivity index (χ0) is 19.5. The maximum Gasteiger partial charge on any atom is 0.258 e. The highest BCUT2D eigenvalue weighted by Crippen LogP contribution is 2.30. The van der Waals surface area contributed by atoms with E-state index >= 15 is 0 Å². The highest BCUT2D eigenvalue weighted by molar-refractivity contribution is 7.09. The standard InChI is InChI=1S/C22H25N3O2S/c1-3-27-19-9-8-17-6-4-5-7-18(17)21(19)22(26)25-12-10-24(11-13-25)14-20-23-16(2)15-28-20/h4-9,15H,3,10-14H2,1-2H3. The third kappa shape index (κ3) is 3.88. The molecule has 0 aliphatic carbocycles. The Morgan fingerprint density at radius 2 is 1.93 bits per heavy atom. The van der Waals surface area contributed by atoms with Crippen molar-refractivity contribution in [3.8, 4) is 5.75 Å². The molecule has 0 saturated carbocycles. The van der Waals surface area contributed by atoms with Crippen LogP contribution in [-0.4, -0.2) is 53.5 Å². The first kappa shape index (κ1) is 18.9. The molecule has 0 N–H and O–H groups in total. The van der Waals surface area contributed by atoms with Gasteiger partial charge >= 0.3 is 0 Å². The number of hydrogen-bond donors (Lipinski definition) is 0. The summed E-state index contributed by atoms with van der Waals surface area (Å²) in [7, 11) is 0. The molecule has 0 atom stereocenters. The number of aromatic nitrogens is 1. The second-order valence-electron chi connectivity index (χ2n) is 7.04. The lowest BCUT2D eigenvalue weighted by molar-refractivity contribution is 0.0626. The number of rotatable bonds is 5. The van der Waals surface area contributed by atoms with E-state index in [2.05, 4.69) is 15.3 Å². The third-order valence-corrected chi connectivity index (χ3v) is 6.04. The third-order valence-electron chi connectivity index (χ3n) is 5.09. The van der Waals surface area contributed by atoms with Gasteiger partial charge in [0.1, 0.15) is 10.8 Å². The summed E-state index contributed by atoms with van der Waals surface area (Å²) in [5.41, 5.74) is 1.76. The van der Waals surface area contributed by atoms with Gasteiger partial charge in [0.2, 0.25) is 0 Å². The number of aryl methyl sites for hydroxylation is 1. The monoisotopic (exact) mass is 395 g/mol. The molecule has 1 fully saturated rings. The molecule has 0 unspecified atom stereocenters.